The van der Waals surface area contributed by atoms with Gasteiger partial charge in [0.2, 0.25) is 6.04 Å². The fourth-order valence-corrected chi connectivity index (χ4v) is 2.17. The van der Waals surface area contributed by atoms with Crippen LogP contribution in [0.4, 0.5) is 17.1 Å². The lowest BCUT2D eigenvalue weighted by Gasteiger charge is -2.13. The van der Waals surface area contributed by atoms with Gasteiger partial charge in [0.1, 0.15) is 5.75 Å². The van der Waals surface area contributed by atoms with Crippen LogP contribution in [0.25, 0.3) is 0 Å². The zero-order valence-electron chi connectivity index (χ0n) is 14.4. The normalized spacial score (nSPS) is 12.8. The molecule has 140 valence electrons. The summed E-state index contributed by atoms with van der Waals surface area (Å²) in [4.78, 5) is 24.0. The Bertz CT molecular complexity index is 912. The first-order valence-electron chi connectivity index (χ1n) is 7.58. The van der Waals surface area contributed by atoms with E-state index in [1.54, 1.807) is 24.3 Å². The molecule has 27 heavy (non-hydrogen) atoms. The van der Waals surface area contributed by atoms with Crippen molar-refractivity contribution in [3.8, 4) is 5.75 Å². The molecular formula is C17H15ClN4O5. The highest BCUT2D eigenvalue weighted by molar-refractivity contribution is 6.30. The molecule has 1 N–H and O–H groups in total. The fourth-order valence-electron chi connectivity index (χ4n) is 2.00. The van der Waals surface area contributed by atoms with Crippen molar-refractivity contribution < 1.29 is 19.6 Å². The van der Waals surface area contributed by atoms with Crippen LogP contribution in [0.1, 0.15) is 6.92 Å². The molecule has 10 heteroatoms. The van der Waals surface area contributed by atoms with Crippen molar-refractivity contribution in [1.82, 2.24) is 0 Å². The van der Waals surface area contributed by atoms with E-state index in [-0.39, 0.29) is 22.2 Å². The average Bonchev–Trinajstić information content (AvgIpc) is 2.63. The Morgan fingerprint density at radius 2 is 1.93 bits per heavy atom. The minimum absolute atomic E-state index is 0.104. The highest BCUT2D eigenvalue weighted by Crippen LogP contribution is 2.30. The van der Waals surface area contributed by atoms with Crippen LogP contribution in [0.2, 0.25) is 5.02 Å². The third-order valence-electron chi connectivity index (χ3n) is 3.36. The lowest BCUT2D eigenvalue weighted by Crippen LogP contribution is -2.35. The van der Waals surface area contributed by atoms with E-state index in [1.165, 1.54) is 26.2 Å². The van der Waals surface area contributed by atoms with Gasteiger partial charge in [-0.15, -0.1) is 5.11 Å². The summed E-state index contributed by atoms with van der Waals surface area (Å²) >= 11 is 5.74. The molecule has 0 aliphatic rings. The number of hydrogen-bond acceptors (Lipinski definition) is 7. The van der Waals surface area contributed by atoms with E-state index in [1.807, 2.05) is 0 Å². The predicted molar refractivity (Wildman–Crippen MR) is 99.1 cm³/mol. The van der Waals surface area contributed by atoms with Crippen LogP contribution in [0.3, 0.4) is 0 Å². The molecule has 0 amide bonds. The van der Waals surface area contributed by atoms with Gasteiger partial charge in [-0.05, 0) is 36.4 Å². The molecule has 0 heterocycles. The average molecular weight is 391 g/mol. The molecule has 2 rings (SSSR count). The fraction of sp³-hybridized carbons (Fsp3) is 0.176. The maximum Gasteiger partial charge on any atom is 0.320 e. The van der Waals surface area contributed by atoms with Gasteiger partial charge in [-0.3, -0.25) is 19.9 Å². The number of rotatable bonds is 7. The van der Waals surface area contributed by atoms with Crippen LogP contribution in [0.15, 0.2) is 57.7 Å². The van der Waals surface area contributed by atoms with Crippen LogP contribution < -0.4 is 9.84 Å². The first kappa shape index (κ1) is 20.0. The largest absolute Gasteiger partial charge is 0.860 e. The van der Waals surface area contributed by atoms with Crippen molar-refractivity contribution in [3.63, 3.8) is 0 Å². The minimum Gasteiger partial charge on any atom is -0.860 e. The quantitative estimate of drug-likeness (QED) is 0.179. The van der Waals surface area contributed by atoms with Gasteiger partial charge in [-0.25, -0.2) is 0 Å². The Labute approximate surface area is 159 Å². The number of nitro benzene ring substituents is 1. The number of nitro groups is 1. The summed E-state index contributed by atoms with van der Waals surface area (Å²) in [5.74, 6) is -0.532. The maximum atomic E-state index is 12.3. The monoisotopic (exact) mass is 390 g/mol. The molecule has 0 radical (unpaired) electrons. The van der Waals surface area contributed by atoms with Gasteiger partial charge in [-0.2, -0.15) is 5.11 Å². The number of ether oxygens (including phenoxy) is 1. The molecule has 0 fully saturated rings. The molecule has 1 atom stereocenters. The lowest BCUT2D eigenvalue weighted by molar-refractivity contribution is -0.384. The summed E-state index contributed by atoms with van der Waals surface area (Å²) in [5, 5.41) is 31.0. The van der Waals surface area contributed by atoms with Crippen molar-refractivity contribution >= 4 is 40.3 Å². The van der Waals surface area contributed by atoms with E-state index in [0.29, 0.717) is 11.4 Å². The second-order valence-corrected chi connectivity index (χ2v) is 5.73. The number of ketones is 1. The standard InChI is InChI=1S/C17H15ClN4O5/c1-10(23)16(17(24)19-12-4-6-13(27-2)7-5-12)21-20-14-8-3-11(18)9-15(14)22(25)26/h3-9,16H,1-2H3,(H,19,24). The summed E-state index contributed by atoms with van der Waals surface area (Å²) in [6.45, 7) is 1.27. The van der Waals surface area contributed by atoms with Gasteiger partial charge in [0.15, 0.2) is 5.69 Å². The Hall–Kier alpha value is -3.33. The number of azo groups is 1. The first-order chi connectivity index (χ1) is 12.8. The molecule has 0 aliphatic heterocycles. The van der Waals surface area contributed by atoms with Crippen LogP contribution in [0, 0.1) is 10.1 Å². The van der Waals surface area contributed by atoms with Crippen molar-refractivity contribution in [2.75, 3.05) is 7.11 Å². The molecule has 0 aliphatic carbocycles. The number of aliphatic imine (C=N–C) groups is 1. The highest BCUT2D eigenvalue weighted by atomic mass is 35.5. The first-order valence-corrected chi connectivity index (χ1v) is 7.96. The Morgan fingerprint density at radius 3 is 2.48 bits per heavy atom. The van der Waals surface area contributed by atoms with Crippen molar-refractivity contribution in [1.29, 1.82) is 0 Å². The van der Waals surface area contributed by atoms with E-state index >= 15 is 0 Å². The highest BCUT2D eigenvalue weighted by Gasteiger charge is 2.21. The van der Waals surface area contributed by atoms with E-state index in [0.717, 1.165) is 6.07 Å². The Balaban J connectivity index is 2.32. The second-order valence-electron chi connectivity index (χ2n) is 5.30. The second kappa shape index (κ2) is 8.86. The molecule has 0 spiro atoms. The molecule has 0 aromatic heterocycles. The van der Waals surface area contributed by atoms with Crippen LogP contribution in [0.5, 0.6) is 5.75 Å². The number of halogens is 1. The van der Waals surface area contributed by atoms with Crippen LogP contribution >= 0.6 is 11.6 Å². The summed E-state index contributed by atoms with van der Waals surface area (Å²) < 4.78 is 5.02. The van der Waals surface area contributed by atoms with Gasteiger partial charge in [0.25, 0.3) is 5.69 Å². The SMILES string of the molecule is COc1ccc(N=C([O-])C(N=Nc2ccc(Cl)cc2[N+](=O)[O-])C(C)=[OH+])cc1. The maximum absolute atomic E-state index is 12.3. The summed E-state index contributed by atoms with van der Waals surface area (Å²) in [6.07, 6.45) is 0. The summed E-state index contributed by atoms with van der Waals surface area (Å²) in [7, 11) is 1.51. The Morgan fingerprint density at radius 1 is 1.26 bits per heavy atom. The molecule has 0 bridgehead atoms. The van der Waals surface area contributed by atoms with Crippen molar-refractivity contribution in [2.45, 2.75) is 13.0 Å². The minimum atomic E-state index is -1.40. The zero-order valence-corrected chi connectivity index (χ0v) is 15.1. The van der Waals surface area contributed by atoms with E-state index in [2.05, 4.69) is 15.2 Å². The van der Waals surface area contributed by atoms with E-state index in [9.17, 15) is 20.0 Å². The van der Waals surface area contributed by atoms with Crippen molar-refractivity contribution in [2.24, 2.45) is 15.2 Å². The summed E-state index contributed by atoms with van der Waals surface area (Å²) in [6, 6.07) is 8.76. The summed E-state index contributed by atoms with van der Waals surface area (Å²) in [5.41, 5.74) is -0.146. The van der Waals surface area contributed by atoms with Gasteiger partial charge >= 0.3 is 5.78 Å². The topological polar surface area (TPSA) is 134 Å². The van der Waals surface area contributed by atoms with Crippen LogP contribution in [-0.2, 0) is 0 Å². The third kappa shape index (κ3) is 5.32. The number of carbonyl (C=O) groups excluding carboxylic acids is 1. The predicted octanol–water partition coefficient (Wildman–Crippen LogP) is 3.36. The van der Waals surface area contributed by atoms with Gasteiger partial charge in [0, 0.05) is 23.9 Å². The van der Waals surface area contributed by atoms with E-state index in [4.69, 9.17) is 16.3 Å². The lowest BCUT2D eigenvalue weighted by atomic mass is 10.2. The third-order valence-corrected chi connectivity index (χ3v) is 3.59. The molecule has 0 saturated heterocycles. The molecule has 2 aromatic carbocycles. The molecular weight excluding hydrogens is 376 g/mol. The smallest absolute Gasteiger partial charge is 0.320 e. The molecule has 1 unspecified atom stereocenters. The number of methoxy groups -OCH3 is 1. The van der Waals surface area contributed by atoms with Crippen molar-refractivity contribution in [3.05, 3.63) is 57.6 Å². The number of nitrogens with zero attached hydrogens (tertiary/aromatic N) is 4. The molecule has 2 aromatic rings. The number of benzene rings is 2. The molecule has 0 saturated carbocycles. The Kier molecular flexibility index (Phi) is 6.56. The molecule has 9 nitrogen and oxygen atoms in total. The number of hydrogen-bond donors (Lipinski definition) is 0. The van der Waals surface area contributed by atoms with Crippen LogP contribution in [-0.4, -0.2) is 34.6 Å². The van der Waals surface area contributed by atoms with Gasteiger partial charge in [0.05, 0.1) is 17.7 Å². The van der Waals surface area contributed by atoms with E-state index < -0.39 is 16.9 Å². The van der Waals surface area contributed by atoms with Gasteiger partial charge in [-0.1, -0.05) is 11.6 Å². The van der Waals surface area contributed by atoms with Gasteiger partial charge < -0.3 is 9.84 Å². The zero-order chi connectivity index (χ0) is 20.0.